The monoisotopic (exact) mass is 309 g/mol. The van der Waals surface area contributed by atoms with Crippen LogP contribution < -0.4 is 9.44 Å². The fraction of sp³-hybridized carbons (Fsp3) is 0.375. The zero-order valence-electron chi connectivity index (χ0n) is 9.74. The summed E-state index contributed by atoms with van der Waals surface area (Å²) >= 11 is 1.11. The first kappa shape index (κ1) is 15.3. The highest BCUT2D eigenvalue weighted by Gasteiger charge is 2.14. The lowest BCUT2D eigenvalue weighted by molar-refractivity contribution is 0.0691. The van der Waals surface area contributed by atoms with Crippen molar-refractivity contribution < 1.29 is 27.9 Å². The highest BCUT2D eigenvalue weighted by atomic mass is 32.2. The smallest absolute Gasteiger partial charge is 0.421 e. The van der Waals surface area contributed by atoms with Gasteiger partial charge in [0.15, 0.2) is 5.69 Å². The zero-order chi connectivity index (χ0) is 14.5. The van der Waals surface area contributed by atoms with Gasteiger partial charge in [0, 0.05) is 18.3 Å². The summed E-state index contributed by atoms with van der Waals surface area (Å²) in [4.78, 5) is 25.1. The number of aromatic carboxylic acids is 1. The standard InChI is InChI=1S/C8H11N3O6S2/c1-17-8(14)11-19(15,16)9-3-2-6-10-5(4-18-6)7(12)13/h4,9H,2-3H2,1H3,(H,11,14)(H,12,13). The normalized spacial score (nSPS) is 11.0. The summed E-state index contributed by atoms with van der Waals surface area (Å²) in [6, 6.07) is 0. The van der Waals surface area contributed by atoms with Crippen molar-refractivity contribution in [2.75, 3.05) is 13.7 Å². The summed E-state index contributed by atoms with van der Waals surface area (Å²) in [6.45, 7) is -0.0289. The van der Waals surface area contributed by atoms with Crippen LogP contribution in [0.1, 0.15) is 15.5 Å². The number of ether oxygens (including phenoxy) is 1. The molecule has 0 atom stereocenters. The maximum atomic E-state index is 11.3. The number of nitrogens with zero attached hydrogens (tertiary/aromatic N) is 1. The number of amides is 1. The molecule has 1 heterocycles. The summed E-state index contributed by atoms with van der Waals surface area (Å²) < 4.78 is 30.4. The Kier molecular flexibility index (Phi) is 5.20. The van der Waals surface area contributed by atoms with Gasteiger partial charge in [-0.1, -0.05) is 0 Å². The van der Waals surface area contributed by atoms with E-state index in [1.807, 2.05) is 0 Å². The predicted molar refractivity (Wildman–Crippen MR) is 65.2 cm³/mol. The van der Waals surface area contributed by atoms with E-state index in [1.54, 1.807) is 4.72 Å². The summed E-state index contributed by atoms with van der Waals surface area (Å²) in [5.74, 6) is -1.14. The number of nitrogens with one attached hydrogen (secondary N) is 2. The average Bonchev–Trinajstić information content (AvgIpc) is 2.77. The summed E-state index contributed by atoms with van der Waals surface area (Å²) in [7, 11) is -2.95. The molecule has 0 aliphatic heterocycles. The average molecular weight is 309 g/mol. The molecule has 3 N–H and O–H groups in total. The Morgan fingerprint density at radius 2 is 2.21 bits per heavy atom. The van der Waals surface area contributed by atoms with Gasteiger partial charge >= 0.3 is 22.3 Å². The molecule has 19 heavy (non-hydrogen) atoms. The Hall–Kier alpha value is -1.72. The van der Waals surface area contributed by atoms with Gasteiger partial charge in [-0.25, -0.2) is 19.3 Å². The van der Waals surface area contributed by atoms with Crippen LogP contribution in [0.2, 0.25) is 0 Å². The van der Waals surface area contributed by atoms with Crippen molar-refractivity contribution in [1.82, 2.24) is 14.4 Å². The minimum Gasteiger partial charge on any atom is -0.476 e. The van der Waals surface area contributed by atoms with E-state index in [0.29, 0.717) is 5.01 Å². The molecular formula is C8H11N3O6S2. The van der Waals surface area contributed by atoms with Crippen molar-refractivity contribution in [3.05, 3.63) is 16.1 Å². The van der Waals surface area contributed by atoms with Crippen LogP contribution in [0, 0.1) is 0 Å². The van der Waals surface area contributed by atoms with E-state index in [9.17, 15) is 18.0 Å². The van der Waals surface area contributed by atoms with Gasteiger partial charge in [-0.2, -0.15) is 13.1 Å². The third-order valence-electron chi connectivity index (χ3n) is 1.80. The lowest BCUT2D eigenvalue weighted by Crippen LogP contribution is -2.40. The molecule has 1 aromatic rings. The van der Waals surface area contributed by atoms with Crippen molar-refractivity contribution in [2.45, 2.75) is 6.42 Å². The molecule has 0 saturated carbocycles. The van der Waals surface area contributed by atoms with Gasteiger partial charge in [0.1, 0.15) is 0 Å². The van der Waals surface area contributed by atoms with Crippen LogP contribution in [0.5, 0.6) is 0 Å². The maximum Gasteiger partial charge on any atom is 0.421 e. The largest absolute Gasteiger partial charge is 0.476 e. The molecule has 0 aliphatic rings. The van der Waals surface area contributed by atoms with Crippen molar-refractivity contribution >= 4 is 33.6 Å². The maximum absolute atomic E-state index is 11.3. The number of thiazole rings is 1. The first-order valence-corrected chi connectivity index (χ1v) is 7.23. The second-order valence-corrected chi connectivity index (χ2v) is 5.62. The van der Waals surface area contributed by atoms with Crippen LogP contribution in [-0.2, 0) is 21.4 Å². The molecule has 0 unspecified atom stereocenters. The quantitative estimate of drug-likeness (QED) is 0.649. The predicted octanol–water partition coefficient (Wildman–Crippen LogP) is -0.426. The number of aromatic nitrogens is 1. The van der Waals surface area contributed by atoms with E-state index in [2.05, 4.69) is 14.4 Å². The highest BCUT2D eigenvalue weighted by molar-refractivity contribution is 7.88. The SMILES string of the molecule is COC(=O)NS(=O)(=O)NCCc1nc(C(=O)O)cs1. The number of hydrogen-bond donors (Lipinski definition) is 3. The number of rotatable bonds is 6. The molecule has 0 bridgehead atoms. The second-order valence-electron chi connectivity index (χ2n) is 3.17. The van der Waals surface area contributed by atoms with Crippen molar-refractivity contribution in [2.24, 2.45) is 0 Å². The van der Waals surface area contributed by atoms with Gasteiger partial charge in [0.05, 0.1) is 12.1 Å². The van der Waals surface area contributed by atoms with Gasteiger partial charge < -0.3 is 9.84 Å². The van der Waals surface area contributed by atoms with Gasteiger partial charge in [0.2, 0.25) is 0 Å². The van der Waals surface area contributed by atoms with Crippen molar-refractivity contribution in [3.8, 4) is 0 Å². The minimum absolute atomic E-state index is 0.0289. The van der Waals surface area contributed by atoms with Gasteiger partial charge in [0.25, 0.3) is 0 Å². The van der Waals surface area contributed by atoms with Crippen LogP contribution in [-0.4, -0.2) is 44.2 Å². The molecule has 1 rings (SSSR count). The van der Waals surface area contributed by atoms with Crippen LogP contribution in [0.3, 0.4) is 0 Å². The first-order valence-electron chi connectivity index (χ1n) is 4.87. The van der Waals surface area contributed by atoms with Crippen molar-refractivity contribution in [3.63, 3.8) is 0 Å². The molecule has 0 fully saturated rings. The number of carboxylic acids is 1. The number of carbonyl (C=O) groups excluding carboxylic acids is 1. The van der Waals surface area contributed by atoms with Gasteiger partial charge in [-0.3, -0.25) is 0 Å². The van der Waals surface area contributed by atoms with Gasteiger partial charge in [-0.15, -0.1) is 11.3 Å². The first-order chi connectivity index (χ1) is 8.84. The number of methoxy groups -OCH3 is 1. The summed E-state index contributed by atoms with van der Waals surface area (Å²) in [5, 5.41) is 10.5. The second kappa shape index (κ2) is 6.45. The van der Waals surface area contributed by atoms with E-state index in [1.165, 1.54) is 5.38 Å². The number of hydrogen-bond acceptors (Lipinski definition) is 7. The van der Waals surface area contributed by atoms with Crippen LogP contribution in [0.25, 0.3) is 0 Å². The zero-order valence-corrected chi connectivity index (χ0v) is 11.4. The molecule has 1 aromatic heterocycles. The Morgan fingerprint density at radius 1 is 1.53 bits per heavy atom. The Labute approximate surface area is 112 Å². The van der Waals surface area contributed by atoms with Crippen LogP contribution in [0.4, 0.5) is 4.79 Å². The van der Waals surface area contributed by atoms with E-state index >= 15 is 0 Å². The molecule has 9 nitrogen and oxygen atoms in total. The molecule has 0 radical (unpaired) electrons. The fourth-order valence-electron chi connectivity index (χ4n) is 1.00. The molecule has 0 aliphatic carbocycles. The molecule has 1 amide bonds. The Morgan fingerprint density at radius 3 is 2.74 bits per heavy atom. The third kappa shape index (κ3) is 5.19. The fourth-order valence-corrected chi connectivity index (χ4v) is 2.52. The van der Waals surface area contributed by atoms with Gasteiger partial charge in [-0.05, 0) is 0 Å². The van der Waals surface area contributed by atoms with Crippen LogP contribution >= 0.6 is 11.3 Å². The van der Waals surface area contributed by atoms with E-state index in [0.717, 1.165) is 18.4 Å². The molecule has 0 spiro atoms. The molecular weight excluding hydrogens is 298 g/mol. The van der Waals surface area contributed by atoms with Crippen molar-refractivity contribution in [1.29, 1.82) is 0 Å². The summed E-state index contributed by atoms with van der Waals surface area (Å²) in [5.41, 5.74) is -0.0875. The Balaban J connectivity index is 2.45. The topological polar surface area (TPSA) is 135 Å². The van der Waals surface area contributed by atoms with E-state index < -0.39 is 22.3 Å². The van der Waals surface area contributed by atoms with Crippen LogP contribution in [0.15, 0.2) is 5.38 Å². The lowest BCUT2D eigenvalue weighted by atomic mass is 10.4. The number of carbonyl (C=O) groups is 2. The number of carboxylic acid groups (broad SMARTS) is 1. The molecule has 0 aromatic carbocycles. The highest BCUT2D eigenvalue weighted by Crippen LogP contribution is 2.09. The van der Waals surface area contributed by atoms with E-state index in [-0.39, 0.29) is 18.7 Å². The third-order valence-corrected chi connectivity index (χ3v) is 3.73. The van der Waals surface area contributed by atoms with E-state index in [4.69, 9.17) is 5.11 Å². The lowest BCUT2D eigenvalue weighted by Gasteiger charge is -2.05. The molecule has 106 valence electrons. The molecule has 0 saturated heterocycles. The minimum atomic E-state index is -3.99. The summed E-state index contributed by atoms with van der Waals surface area (Å²) in [6.07, 6.45) is -0.894. The molecule has 11 heteroatoms. The Bertz CT molecular complexity index is 567.